The molecule has 4 heteroatoms. The predicted octanol–water partition coefficient (Wildman–Crippen LogP) is 5.20. The maximum Gasteiger partial charge on any atom is 0.312 e. The van der Waals surface area contributed by atoms with Crippen LogP contribution in [0.15, 0.2) is 28.7 Å². The molecule has 0 aliphatic carbocycles. The molecule has 0 amide bonds. The second kappa shape index (κ2) is 7.48. The number of nitrogens with one attached hydrogen (secondary N) is 1. The molecule has 0 aliphatic heterocycles. The number of carbonyl (C=O) groups is 1. The van der Waals surface area contributed by atoms with Gasteiger partial charge in [0.25, 0.3) is 0 Å². The Morgan fingerprint density at radius 1 is 1.20 bits per heavy atom. The molecule has 3 nitrogen and oxygen atoms in total. The van der Waals surface area contributed by atoms with Crippen molar-refractivity contribution < 1.29 is 9.53 Å². The lowest BCUT2D eigenvalue weighted by Crippen LogP contribution is -2.08. The molecule has 0 unspecified atom stereocenters. The van der Waals surface area contributed by atoms with Crippen molar-refractivity contribution in [3.05, 3.63) is 28.7 Å². The van der Waals surface area contributed by atoms with E-state index in [4.69, 9.17) is 4.74 Å². The summed E-state index contributed by atoms with van der Waals surface area (Å²) in [7, 11) is 0. The van der Waals surface area contributed by atoms with Gasteiger partial charge in [0.15, 0.2) is 0 Å². The Morgan fingerprint density at radius 3 is 2.70 bits per heavy atom. The normalized spacial score (nSPS) is 10.9. The van der Waals surface area contributed by atoms with E-state index in [1.165, 1.54) is 19.3 Å². The maximum absolute atomic E-state index is 11.8. The van der Waals surface area contributed by atoms with E-state index in [0.29, 0.717) is 12.3 Å². The maximum atomic E-state index is 11.8. The highest BCUT2D eigenvalue weighted by molar-refractivity contribution is 9.10. The van der Waals surface area contributed by atoms with Crippen molar-refractivity contribution in [1.82, 2.24) is 4.98 Å². The first-order valence-corrected chi connectivity index (χ1v) is 7.98. The quantitative estimate of drug-likeness (QED) is 0.557. The number of ether oxygens (including phenoxy) is 1. The average molecular weight is 338 g/mol. The molecule has 20 heavy (non-hydrogen) atoms. The summed E-state index contributed by atoms with van der Waals surface area (Å²) in [5.74, 6) is 0.332. The van der Waals surface area contributed by atoms with Crippen molar-refractivity contribution in [2.24, 2.45) is 0 Å². The largest absolute Gasteiger partial charge is 0.408 e. The molecule has 1 aromatic carbocycles. The van der Waals surface area contributed by atoms with Crippen LogP contribution in [0.3, 0.4) is 0 Å². The number of para-hydroxylation sites is 1. The second-order valence-corrected chi connectivity index (χ2v) is 5.74. The van der Waals surface area contributed by atoms with Crippen LogP contribution in [0.1, 0.15) is 45.4 Å². The van der Waals surface area contributed by atoms with Gasteiger partial charge in [0.05, 0.1) is 4.47 Å². The molecule has 2 rings (SSSR count). The molecule has 1 heterocycles. The number of halogens is 1. The lowest BCUT2D eigenvalue weighted by Gasteiger charge is -2.02. The summed E-state index contributed by atoms with van der Waals surface area (Å²) < 4.78 is 6.21. The summed E-state index contributed by atoms with van der Waals surface area (Å²) in [5, 5.41) is 1.03. The SMILES string of the molecule is CCCCCCCC(=O)Oc1[nH]c2ccccc2c1Br. The van der Waals surface area contributed by atoms with Crippen molar-refractivity contribution in [3.8, 4) is 5.88 Å². The van der Waals surface area contributed by atoms with Gasteiger partial charge in [-0.05, 0) is 28.4 Å². The van der Waals surface area contributed by atoms with Gasteiger partial charge in [0.1, 0.15) is 0 Å². The van der Waals surface area contributed by atoms with Crippen molar-refractivity contribution in [2.75, 3.05) is 0 Å². The Balaban J connectivity index is 1.88. The van der Waals surface area contributed by atoms with Crippen molar-refractivity contribution in [3.63, 3.8) is 0 Å². The van der Waals surface area contributed by atoms with E-state index in [1.807, 2.05) is 24.3 Å². The Kier molecular flexibility index (Phi) is 5.65. The topological polar surface area (TPSA) is 42.1 Å². The molecule has 0 spiro atoms. The first kappa shape index (κ1) is 15.1. The third kappa shape index (κ3) is 3.85. The Morgan fingerprint density at radius 2 is 1.95 bits per heavy atom. The number of unbranched alkanes of at least 4 members (excludes halogenated alkanes) is 4. The van der Waals surface area contributed by atoms with Gasteiger partial charge in [-0.25, -0.2) is 0 Å². The fourth-order valence-electron chi connectivity index (χ4n) is 2.19. The number of H-pyrrole nitrogens is 1. The zero-order valence-electron chi connectivity index (χ0n) is 11.7. The standard InChI is InChI=1S/C16H20BrNO2/c1-2-3-4-5-6-11-14(19)20-16-15(17)12-9-7-8-10-13(12)18-16/h7-10,18H,2-6,11H2,1H3. The minimum atomic E-state index is -0.172. The molecule has 0 radical (unpaired) electrons. The lowest BCUT2D eigenvalue weighted by atomic mass is 10.1. The molecule has 0 saturated carbocycles. The number of aromatic amines is 1. The van der Waals surface area contributed by atoms with Crippen molar-refractivity contribution >= 4 is 32.8 Å². The van der Waals surface area contributed by atoms with E-state index in [2.05, 4.69) is 27.8 Å². The van der Waals surface area contributed by atoms with Crippen LogP contribution < -0.4 is 4.74 Å². The Bertz CT molecular complexity index is 577. The minimum absolute atomic E-state index is 0.172. The summed E-state index contributed by atoms with van der Waals surface area (Å²) in [4.78, 5) is 14.9. The number of esters is 1. The fraction of sp³-hybridized carbons (Fsp3) is 0.438. The molecule has 0 saturated heterocycles. The van der Waals surface area contributed by atoms with Gasteiger partial charge >= 0.3 is 5.97 Å². The smallest absolute Gasteiger partial charge is 0.312 e. The number of hydrogen-bond donors (Lipinski definition) is 1. The summed E-state index contributed by atoms with van der Waals surface area (Å²) in [5.41, 5.74) is 0.963. The average Bonchev–Trinajstić information content (AvgIpc) is 2.76. The van der Waals surface area contributed by atoms with Crippen LogP contribution in [0.4, 0.5) is 0 Å². The molecule has 2 aromatic rings. The van der Waals surface area contributed by atoms with Crippen LogP contribution in [0.2, 0.25) is 0 Å². The molecule has 0 aliphatic rings. The molecular weight excluding hydrogens is 318 g/mol. The first-order chi connectivity index (χ1) is 9.72. The first-order valence-electron chi connectivity index (χ1n) is 7.19. The van der Waals surface area contributed by atoms with Crippen LogP contribution in [0, 0.1) is 0 Å². The summed E-state index contributed by atoms with van der Waals surface area (Å²) >= 11 is 3.47. The van der Waals surface area contributed by atoms with Gasteiger partial charge in [-0.1, -0.05) is 50.8 Å². The van der Waals surface area contributed by atoms with E-state index in [0.717, 1.165) is 28.2 Å². The van der Waals surface area contributed by atoms with Gasteiger partial charge in [-0.3, -0.25) is 4.79 Å². The van der Waals surface area contributed by atoms with Crippen LogP contribution in [0.25, 0.3) is 10.9 Å². The van der Waals surface area contributed by atoms with Gasteiger partial charge < -0.3 is 9.72 Å². The van der Waals surface area contributed by atoms with Crippen LogP contribution in [-0.2, 0) is 4.79 Å². The molecule has 1 aromatic heterocycles. The second-order valence-electron chi connectivity index (χ2n) is 4.95. The van der Waals surface area contributed by atoms with E-state index < -0.39 is 0 Å². The fourth-order valence-corrected chi connectivity index (χ4v) is 2.72. The summed E-state index contributed by atoms with van der Waals surface area (Å²) in [6, 6.07) is 7.85. The molecule has 0 bridgehead atoms. The Labute approximate surface area is 127 Å². The van der Waals surface area contributed by atoms with Crippen LogP contribution >= 0.6 is 15.9 Å². The Hall–Kier alpha value is -1.29. The van der Waals surface area contributed by atoms with Crippen molar-refractivity contribution in [1.29, 1.82) is 0 Å². The van der Waals surface area contributed by atoms with E-state index >= 15 is 0 Å². The molecule has 0 atom stereocenters. The zero-order valence-corrected chi connectivity index (χ0v) is 13.3. The molecule has 0 fully saturated rings. The zero-order chi connectivity index (χ0) is 14.4. The van der Waals surface area contributed by atoms with Gasteiger partial charge in [0.2, 0.25) is 5.88 Å². The highest BCUT2D eigenvalue weighted by atomic mass is 79.9. The predicted molar refractivity (Wildman–Crippen MR) is 85.0 cm³/mol. The van der Waals surface area contributed by atoms with Crippen LogP contribution in [0.5, 0.6) is 5.88 Å². The van der Waals surface area contributed by atoms with Gasteiger partial charge in [-0.2, -0.15) is 0 Å². The number of hydrogen-bond acceptors (Lipinski definition) is 2. The van der Waals surface area contributed by atoms with Gasteiger partial charge in [-0.15, -0.1) is 0 Å². The van der Waals surface area contributed by atoms with E-state index in [1.54, 1.807) is 0 Å². The third-order valence-corrected chi connectivity index (χ3v) is 4.10. The third-order valence-electron chi connectivity index (χ3n) is 3.31. The number of aromatic nitrogens is 1. The highest BCUT2D eigenvalue weighted by Crippen LogP contribution is 2.33. The number of fused-ring (bicyclic) bond motifs is 1. The van der Waals surface area contributed by atoms with Crippen molar-refractivity contribution in [2.45, 2.75) is 45.4 Å². The summed E-state index contributed by atoms with van der Waals surface area (Å²) in [6.45, 7) is 2.18. The van der Waals surface area contributed by atoms with E-state index in [-0.39, 0.29) is 5.97 Å². The van der Waals surface area contributed by atoms with Gasteiger partial charge in [0, 0.05) is 17.3 Å². The molecular formula is C16H20BrNO2. The lowest BCUT2D eigenvalue weighted by molar-refractivity contribution is -0.134. The molecule has 108 valence electrons. The minimum Gasteiger partial charge on any atom is -0.408 e. The monoisotopic (exact) mass is 337 g/mol. The number of rotatable bonds is 7. The van der Waals surface area contributed by atoms with E-state index in [9.17, 15) is 4.79 Å². The highest BCUT2D eigenvalue weighted by Gasteiger charge is 2.13. The number of carbonyl (C=O) groups excluding carboxylic acids is 1. The molecule has 1 N–H and O–H groups in total. The van der Waals surface area contributed by atoms with Crippen LogP contribution in [-0.4, -0.2) is 11.0 Å². The number of benzene rings is 1. The summed E-state index contributed by atoms with van der Waals surface area (Å²) in [6.07, 6.45) is 6.12.